The molecular weight excluding hydrogens is 266 g/mol. The van der Waals surface area contributed by atoms with Gasteiger partial charge in [0.25, 0.3) is 0 Å². The average Bonchev–Trinajstić information content (AvgIpc) is 2.51. The fourth-order valence-electron chi connectivity index (χ4n) is 2.67. The molecule has 1 aromatic rings. The van der Waals surface area contributed by atoms with E-state index in [1.165, 1.54) is 0 Å². The maximum absolute atomic E-state index is 6.47. The number of ether oxygens (including phenoxy) is 3. The predicted molar refractivity (Wildman–Crippen MR) is 86.0 cm³/mol. The average molecular weight is 295 g/mol. The van der Waals surface area contributed by atoms with Crippen molar-refractivity contribution in [3.63, 3.8) is 0 Å². The van der Waals surface area contributed by atoms with Crippen molar-refractivity contribution in [2.45, 2.75) is 52.2 Å². The van der Waals surface area contributed by atoms with Crippen molar-refractivity contribution in [1.82, 2.24) is 0 Å². The summed E-state index contributed by atoms with van der Waals surface area (Å²) in [5, 5.41) is 0. The molecule has 4 heteroatoms. The molecule has 2 N–H and O–H groups in total. The molecule has 0 aliphatic rings. The number of benzene rings is 1. The van der Waals surface area contributed by atoms with Crippen LogP contribution in [0.15, 0.2) is 18.2 Å². The minimum atomic E-state index is -0.351. The molecule has 0 heterocycles. The van der Waals surface area contributed by atoms with Gasteiger partial charge in [0.2, 0.25) is 0 Å². The SMILES string of the molecule is CCOc1ccc(C(N)C(CC)(CC)OC)cc1OCC. The fraction of sp³-hybridized carbons (Fsp3) is 0.647. The van der Waals surface area contributed by atoms with Gasteiger partial charge in [-0.3, -0.25) is 0 Å². The lowest BCUT2D eigenvalue weighted by molar-refractivity contribution is -0.0386. The van der Waals surface area contributed by atoms with E-state index in [1.54, 1.807) is 7.11 Å². The summed E-state index contributed by atoms with van der Waals surface area (Å²) in [6, 6.07) is 5.69. The molecule has 1 unspecified atom stereocenters. The number of methoxy groups -OCH3 is 1. The quantitative estimate of drug-likeness (QED) is 0.755. The zero-order valence-corrected chi connectivity index (χ0v) is 13.9. The Morgan fingerprint density at radius 1 is 1.00 bits per heavy atom. The highest BCUT2D eigenvalue weighted by Gasteiger charge is 2.34. The van der Waals surface area contributed by atoms with Gasteiger partial charge in [0.05, 0.1) is 24.9 Å². The van der Waals surface area contributed by atoms with Gasteiger partial charge in [0.1, 0.15) is 0 Å². The summed E-state index contributed by atoms with van der Waals surface area (Å²) in [7, 11) is 1.73. The molecule has 120 valence electrons. The van der Waals surface area contributed by atoms with E-state index in [2.05, 4.69) is 13.8 Å². The summed E-state index contributed by atoms with van der Waals surface area (Å²) in [5.74, 6) is 1.50. The molecule has 21 heavy (non-hydrogen) atoms. The third-order valence-electron chi connectivity index (χ3n) is 4.10. The highest BCUT2D eigenvalue weighted by atomic mass is 16.5. The summed E-state index contributed by atoms with van der Waals surface area (Å²) in [5.41, 5.74) is 7.13. The smallest absolute Gasteiger partial charge is 0.161 e. The first-order valence-corrected chi connectivity index (χ1v) is 7.78. The zero-order chi connectivity index (χ0) is 15.9. The Kier molecular flexibility index (Phi) is 6.99. The van der Waals surface area contributed by atoms with E-state index in [4.69, 9.17) is 19.9 Å². The van der Waals surface area contributed by atoms with Gasteiger partial charge in [-0.05, 0) is 44.4 Å². The van der Waals surface area contributed by atoms with Gasteiger partial charge in [0, 0.05) is 7.11 Å². The van der Waals surface area contributed by atoms with Crippen LogP contribution in [-0.2, 0) is 4.74 Å². The van der Waals surface area contributed by atoms with Crippen LogP contribution in [-0.4, -0.2) is 25.9 Å². The monoisotopic (exact) mass is 295 g/mol. The van der Waals surface area contributed by atoms with Crippen LogP contribution in [0.3, 0.4) is 0 Å². The Morgan fingerprint density at radius 2 is 1.57 bits per heavy atom. The second kappa shape index (κ2) is 8.25. The Bertz CT molecular complexity index is 422. The molecular formula is C17H29NO3. The lowest BCUT2D eigenvalue weighted by atomic mass is 9.84. The molecule has 0 aromatic heterocycles. The maximum atomic E-state index is 6.47. The van der Waals surface area contributed by atoms with E-state index < -0.39 is 0 Å². The van der Waals surface area contributed by atoms with Gasteiger partial charge in [-0.2, -0.15) is 0 Å². The molecule has 1 atom stereocenters. The first kappa shape index (κ1) is 17.8. The summed E-state index contributed by atoms with van der Waals surface area (Å²) >= 11 is 0. The topological polar surface area (TPSA) is 53.7 Å². The van der Waals surface area contributed by atoms with Crippen molar-refractivity contribution in [2.24, 2.45) is 5.73 Å². The van der Waals surface area contributed by atoms with Crippen LogP contribution in [0.1, 0.15) is 52.1 Å². The standard InChI is InChI=1S/C17H29NO3/c1-6-17(7-2,19-5)16(18)13-10-11-14(20-8-3)15(12-13)21-9-4/h10-12,16H,6-9,18H2,1-5H3. The second-order valence-corrected chi connectivity index (χ2v) is 5.03. The highest BCUT2D eigenvalue weighted by Crippen LogP contribution is 2.37. The summed E-state index contributed by atoms with van der Waals surface area (Å²) < 4.78 is 17.0. The third kappa shape index (κ3) is 3.89. The zero-order valence-electron chi connectivity index (χ0n) is 13.9. The number of hydrogen-bond acceptors (Lipinski definition) is 4. The first-order valence-electron chi connectivity index (χ1n) is 7.78. The molecule has 1 aromatic carbocycles. The molecule has 1 rings (SSSR count). The number of rotatable bonds is 9. The Morgan fingerprint density at radius 3 is 2.05 bits per heavy atom. The first-order chi connectivity index (χ1) is 10.1. The van der Waals surface area contributed by atoms with Gasteiger partial charge in [-0.25, -0.2) is 0 Å². The lowest BCUT2D eigenvalue weighted by Gasteiger charge is -2.36. The Balaban J connectivity index is 3.15. The summed E-state index contributed by atoms with van der Waals surface area (Å²) in [6.45, 7) is 9.32. The Labute approximate surface area is 128 Å². The molecule has 0 spiro atoms. The van der Waals surface area contributed by atoms with Gasteiger partial charge >= 0.3 is 0 Å². The van der Waals surface area contributed by atoms with Crippen LogP contribution in [0.25, 0.3) is 0 Å². The minimum Gasteiger partial charge on any atom is -0.490 e. The summed E-state index contributed by atoms with van der Waals surface area (Å²) in [6.07, 6.45) is 1.72. The molecule has 0 bridgehead atoms. The van der Waals surface area contributed by atoms with Gasteiger partial charge < -0.3 is 19.9 Å². The van der Waals surface area contributed by atoms with Crippen LogP contribution < -0.4 is 15.2 Å². The molecule has 0 aliphatic heterocycles. The maximum Gasteiger partial charge on any atom is 0.161 e. The largest absolute Gasteiger partial charge is 0.490 e. The highest BCUT2D eigenvalue weighted by molar-refractivity contribution is 5.44. The molecule has 0 fully saturated rings. The predicted octanol–water partition coefficient (Wildman–Crippen LogP) is 3.69. The van der Waals surface area contributed by atoms with Gasteiger partial charge in [0.15, 0.2) is 11.5 Å². The van der Waals surface area contributed by atoms with E-state index in [9.17, 15) is 0 Å². The minimum absolute atomic E-state index is 0.201. The van der Waals surface area contributed by atoms with E-state index in [-0.39, 0.29) is 11.6 Å². The number of hydrogen-bond donors (Lipinski definition) is 1. The van der Waals surface area contributed by atoms with Crippen molar-refractivity contribution in [3.8, 4) is 11.5 Å². The van der Waals surface area contributed by atoms with Crippen molar-refractivity contribution in [1.29, 1.82) is 0 Å². The summed E-state index contributed by atoms with van der Waals surface area (Å²) in [4.78, 5) is 0. The van der Waals surface area contributed by atoms with E-state index in [1.807, 2.05) is 32.0 Å². The fourth-order valence-corrected chi connectivity index (χ4v) is 2.67. The lowest BCUT2D eigenvalue weighted by Crippen LogP contribution is -2.42. The molecule has 0 radical (unpaired) electrons. The van der Waals surface area contributed by atoms with Crippen LogP contribution in [0.4, 0.5) is 0 Å². The van der Waals surface area contributed by atoms with Crippen LogP contribution in [0.2, 0.25) is 0 Å². The van der Waals surface area contributed by atoms with Crippen LogP contribution in [0.5, 0.6) is 11.5 Å². The van der Waals surface area contributed by atoms with E-state index in [0.717, 1.165) is 29.9 Å². The molecule has 0 amide bonds. The van der Waals surface area contributed by atoms with Crippen LogP contribution in [0, 0.1) is 0 Å². The van der Waals surface area contributed by atoms with Gasteiger partial charge in [-0.1, -0.05) is 19.9 Å². The van der Waals surface area contributed by atoms with Gasteiger partial charge in [-0.15, -0.1) is 0 Å². The normalized spacial score (nSPS) is 13.0. The molecule has 0 aliphatic carbocycles. The van der Waals surface area contributed by atoms with Crippen LogP contribution >= 0.6 is 0 Å². The third-order valence-corrected chi connectivity index (χ3v) is 4.10. The Hall–Kier alpha value is -1.26. The number of nitrogens with two attached hydrogens (primary N) is 1. The molecule has 0 saturated carbocycles. The second-order valence-electron chi connectivity index (χ2n) is 5.03. The van der Waals surface area contributed by atoms with Crippen molar-refractivity contribution >= 4 is 0 Å². The van der Waals surface area contributed by atoms with E-state index >= 15 is 0 Å². The van der Waals surface area contributed by atoms with Crippen molar-refractivity contribution in [3.05, 3.63) is 23.8 Å². The van der Waals surface area contributed by atoms with E-state index in [0.29, 0.717) is 13.2 Å². The molecule has 4 nitrogen and oxygen atoms in total. The van der Waals surface area contributed by atoms with Crippen molar-refractivity contribution in [2.75, 3.05) is 20.3 Å². The van der Waals surface area contributed by atoms with Crippen molar-refractivity contribution < 1.29 is 14.2 Å². The molecule has 0 saturated heterocycles.